The molecule has 80 valence electrons. The van der Waals surface area contributed by atoms with E-state index >= 15 is 0 Å². The first-order valence-corrected chi connectivity index (χ1v) is 3.93. The van der Waals surface area contributed by atoms with E-state index in [1.165, 1.54) is 0 Å². The molecule has 5 nitrogen and oxygen atoms in total. The monoisotopic (exact) mass is 236 g/mol. The maximum atomic E-state index is 12.3. The molecule has 1 aromatic rings. The average Bonchev–Trinajstić information content (AvgIpc) is 2.16. The summed E-state index contributed by atoms with van der Waals surface area (Å²) in [6.45, 7) is 0. The number of halogens is 3. The van der Waals surface area contributed by atoms with Crippen LogP contribution in [-0.4, -0.2) is 16.2 Å². The van der Waals surface area contributed by atoms with Gasteiger partial charge in [-0.1, -0.05) is 0 Å². The van der Waals surface area contributed by atoms with E-state index in [0.717, 1.165) is 0 Å². The highest BCUT2D eigenvalue weighted by molar-refractivity contribution is 6.31. The Balaban J connectivity index is 3.45. The smallest absolute Gasteiger partial charge is 0.358 e. The molecule has 1 aromatic heterocycles. The van der Waals surface area contributed by atoms with Crippen LogP contribution in [0.4, 0.5) is 14.6 Å². The number of rotatable bonds is 3. The first-order chi connectivity index (χ1) is 6.97. The number of aromatic nitrogens is 1. The lowest BCUT2D eigenvalue weighted by molar-refractivity contribution is -0.391. The Labute approximate surface area is 86.8 Å². The highest BCUT2D eigenvalue weighted by Crippen LogP contribution is 2.30. The Kier molecular flexibility index (Phi) is 3.25. The molecule has 0 aliphatic carbocycles. The van der Waals surface area contributed by atoms with E-state index in [4.69, 9.17) is 11.6 Å². The van der Waals surface area contributed by atoms with Crippen molar-refractivity contribution in [3.63, 3.8) is 0 Å². The first-order valence-electron chi connectivity index (χ1n) is 3.55. The number of carbonyl (C=O) groups excluding carboxylic acids is 1. The Hall–Kier alpha value is -1.63. The molecule has 0 N–H and O–H groups in total. The van der Waals surface area contributed by atoms with Gasteiger partial charge in [0.05, 0.1) is 5.56 Å². The molecule has 0 spiro atoms. The SMILES string of the molecule is O=Cc1cc(C(F)F)c([N+](=O)[O-])nc1Cl. The fourth-order valence-corrected chi connectivity index (χ4v) is 1.08. The molecule has 0 atom stereocenters. The number of alkyl halides is 2. The van der Waals surface area contributed by atoms with Gasteiger partial charge in [-0.05, 0) is 27.6 Å². The van der Waals surface area contributed by atoms with Crippen LogP contribution >= 0.6 is 11.6 Å². The minimum absolute atomic E-state index is 0.199. The third kappa shape index (κ3) is 2.24. The summed E-state index contributed by atoms with van der Waals surface area (Å²) in [7, 11) is 0. The number of hydrogen-bond acceptors (Lipinski definition) is 4. The molecule has 1 heterocycles. The summed E-state index contributed by atoms with van der Waals surface area (Å²) < 4.78 is 24.7. The molecule has 0 saturated heterocycles. The van der Waals surface area contributed by atoms with Gasteiger partial charge in [0, 0.05) is 0 Å². The fraction of sp³-hybridized carbons (Fsp3) is 0.143. The molecule has 0 aliphatic heterocycles. The van der Waals surface area contributed by atoms with Gasteiger partial charge in [0.25, 0.3) is 11.6 Å². The summed E-state index contributed by atoms with van der Waals surface area (Å²) in [5.41, 5.74) is -1.23. The zero-order valence-electron chi connectivity index (χ0n) is 6.99. The molecule has 0 radical (unpaired) electrons. The van der Waals surface area contributed by atoms with E-state index in [1.807, 2.05) is 0 Å². The summed E-state index contributed by atoms with van der Waals surface area (Å²) in [6, 6.07) is 0.658. The summed E-state index contributed by atoms with van der Waals surface area (Å²) in [5, 5.41) is 9.87. The van der Waals surface area contributed by atoms with Crippen LogP contribution in [0.2, 0.25) is 5.15 Å². The van der Waals surface area contributed by atoms with Crippen molar-refractivity contribution in [1.29, 1.82) is 0 Å². The minimum atomic E-state index is -3.09. The topological polar surface area (TPSA) is 73.1 Å². The van der Waals surface area contributed by atoms with E-state index in [-0.39, 0.29) is 11.8 Å². The number of carbonyl (C=O) groups is 1. The largest absolute Gasteiger partial charge is 0.374 e. The van der Waals surface area contributed by atoms with Gasteiger partial charge in [0.1, 0.15) is 5.56 Å². The summed E-state index contributed by atoms with van der Waals surface area (Å²) >= 11 is 5.36. The van der Waals surface area contributed by atoms with E-state index < -0.39 is 27.9 Å². The van der Waals surface area contributed by atoms with Gasteiger partial charge in [0.15, 0.2) is 6.29 Å². The summed E-state index contributed by atoms with van der Waals surface area (Å²) in [6.07, 6.45) is -2.89. The lowest BCUT2D eigenvalue weighted by Crippen LogP contribution is -2.01. The number of nitro groups is 1. The summed E-state index contributed by atoms with van der Waals surface area (Å²) in [5.74, 6) is -1.04. The van der Waals surface area contributed by atoms with Crippen LogP contribution in [0.15, 0.2) is 6.07 Å². The third-order valence-corrected chi connectivity index (χ3v) is 1.85. The van der Waals surface area contributed by atoms with Gasteiger partial charge in [-0.3, -0.25) is 4.79 Å². The summed E-state index contributed by atoms with van der Waals surface area (Å²) in [4.78, 5) is 22.7. The molecule has 0 amide bonds. The van der Waals surface area contributed by atoms with E-state index in [2.05, 4.69) is 4.98 Å². The zero-order valence-corrected chi connectivity index (χ0v) is 7.74. The van der Waals surface area contributed by atoms with Crippen LogP contribution in [0.5, 0.6) is 0 Å². The second kappa shape index (κ2) is 4.26. The number of hydrogen-bond donors (Lipinski definition) is 0. The van der Waals surface area contributed by atoms with Crippen molar-refractivity contribution in [1.82, 2.24) is 4.98 Å². The van der Waals surface area contributed by atoms with Crippen LogP contribution in [0.1, 0.15) is 22.3 Å². The molecule has 8 heteroatoms. The van der Waals surface area contributed by atoms with Crippen LogP contribution in [0, 0.1) is 10.1 Å². The first kappa shape index (κ1) is 11.4. The van der Waals surface area contributed by atoms with Gasteiger partial charge >= 0.3 is 5.82 Å². The highest BCUT2D eigenvalue weighted by Gasteiger charge is 2.26. The molecule has 0 aliphatic rings. The molecule has 0 bridgehead atoms. The third-order valence-electron chi connectivity index (χ3n) is 1.55. The fourth-order valence-electron chi connectivity index (χ4n) is 0.903. The maximum absolute atomic E-state index is 12.3. The molecule has 0 unspecified atom stereocenters. The number of aldehydes is 1. The van der Waals surface area contributed by atoms with Crippen molar-refractivity contribution in [2.75, 3.05) is 0 Å². The Morgan fingerprint density at radius 3 is 2.60 bits per heavy atom. The Morgan fingerprint density at radius 1 is 1.60 bits per heavy atom. The van der Waals surface area contributed by atoms with Crippen molar-refractivity contribution in [3.05, 3.63) is 32.5 Å². The van der Waals surface area contributed by atoms with Gasteiger partial charge in [0.2, 0.25) is 0 Å². The van der Waals surface area contributed by atoms with Crippen LogP contribution < -0.4 is 0 Å². The molecule has 0 saturated carbocycles. The lowest BCUT2D eigenvalue weighted by atomic mass is 10.2. The number of pyridine rings is 1. The van der Waals surface area contributed by atoms with Crippen molar-refractivity contribution in [3.8, 4) is 0 Å². The van der Waals surface area contributed by atoms with Crippen molar-refractivity contribution in [2.24, 2.45) is 0 Å². The van der Waals surface area contributed by atoms with Gasteiger partial charge < -0.3 is 10.1 Å². The number of nitrogens with zero attached hydrogens (tertiary/aromatic N) is 2. The molecule has 0 fully saturated rings. The molecular formula is C7H3ClF2N2O3. The lowest BCUT2D eigenvalue weighted by Gasteiger charge is -2.01. The van der Waals surface area contributed by atoms with Gasteiger partial charge in [-0.15, -0.1) is 0 Å². The predicted octanol–water partition coefficient (Wildman–Crippen LogP) is 2.39. The van der Waals surface area contributed by atoms with Gasteiger partial charge in [-0.25, -0.2) is 8.78 Å². The highest BCUT2D eigenvalue weighted by atomic mass is 35.5. The van der Waals surface area contributed by atoms with Crippen LogP contribution in [0.3, 0.4) is 0 Å². The maximum Gasteiger partial charge on any atom is 0.374 e. The zero-order chi connectivity index (χ0) is 11.6. The van der Waals surface area contributed by atoms with Crippen molar-refractivity contribution in [2.45, 2.75) is 6.43 Å². The van der Waals surface area contributed by atoms with Gasteiger partial charge in [-0.2, -0.15) is 0 Å². The van der Waals surface area contributed by atoms with Crippen molar-refractivity contribution >= 4 is 23.7 Å². The quantitative estimate of drug-likeness (QED) is 0.350. The normalized spacial score (nSPS) is 10.4. The second-order valence-electron chi connectivity index (χ2n) is 2.46. The predicted molar refractivity (Wildman–Crippen MR) is 46.2 cm³/mol. The van der Waals surface area contributed by atoms with E-state index in [9.17, 15) is 23.7 Å². The second-order valence-corrected chi connectivity index (χ2v) is 2.81. The Bertz CT molecular complexity index is 425. The van der Waals surface area contributed by atoms with Crippen LogP contribution in [0.25, 0.3) is 0 Å². The van der Waals surface area contributed by atoms with E-state index in [1.54, 1.807) is 0 Å². The standard InChI is InChI=1S/C7H3ClF2N2O3/c8-5-3(2-13)1-4(6(9)10)7(11-5)12(14)15/h1-2,6H. The van der Waals surface area contributed by atoms with Crippen molar-refractivity contribution < 1.29 is 18.5 Å². The van der Waals surface area contributed by atoms with E-state index in [0.29, 0.717) is 6.07 Å². The minimum Gasteiger partial charge on any atom is -0.358 e. The molecule has 15 heavy (non-hydrogen) atoms. The Morgan fingerprint density at radius 2 is 2.20 bits per heavy atom. The van der Waals surface area contributed by atoms with Crippen LogP contribution in [-0.2, 0) is 0 Å². The average molecular weight is 237 g/mol. The molecule has 0 aromatic carbocycles. The molecular weight excluding hydrogens is 234 g/mol. The molecule has 1 rings (SSSR count).